The van der Waals surface area contributed by atoms with Gasteiger partial charge in [0.05, 0.1) is 11.6 Å². The van der Waals surface area contributed by atoms with Crippen LogP contribution in [0.4, 0.5) is 11.6 Å². The number of anilines is 2. The van der Waals surface area contributed by atoms with E-state index in [1.807, 2.05) is 47.5 Å². The Kier molecular flexibility index (Phi) is 4.89. The van der Waals surface area contributed by atoms with E-state index < -0.39 is 0 Å². The highest BCUT2D eigenvalue weighted by Gasteiger charge is 2.15. The molecule has 0 saturated carbocycles. The zero-order valence-corrected chi connectivity index (χ0v) is 15.3. The van der Waals surface area contributed by atoms with Crippen LogP contribution in [0.2, 0.25) is 0 Å². The number of likely N-dealkylation sites (N-methyl/N-ethyl adjacent to an activating group) is 1. The van der Waals surface area contributed by atoms with Crippen LogP contribution in [0.3, 0.4) is 0 Å². The van der Waals surface area contributed by atoms with Gasteiger partial charge in [0.1, 0.15) is 11.1 Å². The number of piperazine rings is 1. The Balaban J connectivity index is 1.73. The first-order valence-electron chi connectivity index (χ1n) is 9.06. The molecular formula is C21H22N4O2. The first-order valence-corrected chi connectivity index (χ1v) is 9.06. The number of nitrogens with one attached hydrogen (secondary N) is 1. The summed E-state index contributed by atoms with van der Waals surface area (Å²) in [5, 5.41) is 10.3. The second kappa shape index (κ2) is 7.63. The predicted molar refractivity (Wildman–Crippen MR) is 109 cm³/mol. The molecule has 1 saturated heterocycles. The van der Waals surface area contributed by atoms with Crippen molar-refractivity contribution in [1.29, 1.82) is 0 Å². The van der Waals surface area contributed by atoms with Gasteiger partial charge in [-0.1, -0.05) is 30.3 Å². The second-order valence-corrected chi connectivity index (χ2v) is 6.66. The summed E-state index contributed by atoms with van der Waals surface area (Å²) in [6.07, 6.45) is 1.62. The minimum atomic E-state index is -0.0897. The van der Waals surface area contributed by atoms with Gasteiger partial charge in [0.15, 0.2) is 0 Å². The molecule has 4 rings (SSSR count). The molecule has 27 heavy (non-hydrogen) atoms. The quantitative estimate of drug-likeness (QED) is 0.723. The summed E-state index contributed by atoms with van der Waals surface area (Å²) in [5.41, 5.74) is 1.74. The van der Waals surface area contributed by atoms with Gasteiger partial charge in [0.2, 0.25) is 11.3 Å². The summed E-state index contributed by atoms with van der Waals surface area (Å²) < 4.78 is 6.01. The Hall–Kier alpha value is -3.12. The van der Waals surface area contributed by atoms with Gasteiger partial charge in [0.25, 0.3) is 0 Å². The van der Waals surface area contributed by atoms with Gasteiger partial charge >= 0.3 is 0 Å². The Bertz CT molecular complexity index is 1010. The molecule has 0 aliphatic carbocycles. The molecule has 6 nitrogen and oxygen atoms in total. The van der Waals surface area contributed by atoms with E-state index in [2.05, 4.69) is 22.4 Å². The van der Waals surface area contributed by atoms with Crippen LogP contribution in [-0.4, -0.2) is 49.4 Å². The number of rotatable bonds is 4. The van der Waals surface area contributed by atoms with Crippen molar-refractivity contribution in [2.24, 2.45) is 5.10 Å². The molecule has 1 aromatic heterocycles. The van der Waals surface area contributed by atoms with E-state index in [1.165, 1.54) is 0 Å². The van der Waals surface area contributed by atoms with Crippen molar-refractivity contribution in [2.75, 3.05) is 38.5 Å². The summed E-state index contributed by atoms with van der Waals surface area (Å²) in [7, 11) is 2.10. The van der Waals surface area contributed by atoms with Gasteiger partial charge in [-0.2, -0.15) is 5.10 Å². The van der Waals surface area contributed by atoms with Crippen LogP contribution in [0.25, 0.3) is 11.0 Å². The Labute approximate surface area is 157 Å². The minimum Gasteiger partial charge on any atom is -0.439 e. The highest BCUT2D eigenvalue weighted by atomic mass is 16.3. The van der Waals surface area contributed by atoms with Crippen molar-refractivity contribution in [3.63, 3.8) is 0 Å². The fourth-order valence-corrected chi connectivity index (χ4v) is 3.07. The van der Waals surface area contributed by atoms with Crippen LogP contribution >= 0.6 is 0 Å². The van der Waals surface area contributed by atoms with E-state index in [4.69, 9.17) is 4.42 Å². The average molecular weight is 362 g/mol. The number of hydrogen-bond acceptors (Lipinski definition) is 6. The van der Waals surface area contributed by atoms with Crippen LogP contribution in [0, 0.1) is 0 Å². The Morgan fingerprint density at radius 1 is 1.00 bits per heavy atom. The van der Waals surface area contributed by atoms with Gasteiger partial charge in [-0.3, -0.25) is 9.80 Å². The zero-order chi connectivity index (χ0) is 18.6. The molecule has 3 aromatic rings. The SMILES string of the molecule is CN1CCN(N=Cc2c(Nc3ccccc3)oc3ccccc3c2=O)CC1. The minimum absolute atomic E-state index is 0.0897. The lowest BCUT2D eigenvalue weighted by atomic mass is 10.1. The van der Waals surface area contributed by atoms with Gasteiger partial charge in [-0.05, 0) is 31.3 Å². The molecule has 6 heteroatoms. The fraction of sp³-hybridized carbons (Fsp3) is 0.238. The first kappa shape index (κ1) is 17.3. The molecular weight excluding hydrogens is 340 g/mol. The average Bonchev–Trinajstić information content (AvgIpc) is 2.70. The standard InChI is InChI=1S/C21H22N4O2/c1-24-11-13-25(14-12-24)22-15-18-20(26)17-9-5-6-10-19(17)27-21(18)23-16-7-3-2-4-8-16/h2-10,15,23H,11-14H2,1H3. The van der Waals surface area contributed by atoms with Crippen LogP contribution in [0.15, 0.2) is 68.9 Å². The molecule has 1 N–H and O–H groups in total. The highest BCUT2D eigenvalue weighted by molar-refractivity contribution is 5.92. The molecule has 1 aliphatic heterocycles. The summed E-state index contributed by atoms with van der Waals surface area (Å²) in [5.74, 6) is 0.405. The maximum atomic E-state index is 13.0. The lowest BCUT2D eigenvalue weighted by molar-refractivity contribution is 0.159. The van der Waals surface area contributed by atoms with E-state index in [-0.39, 0.29) is 5.43 Å². The third-order valence-corrected chi connectivity index (χ3v) is 4.69. The largest absolute Gasteiger partial charge is 0.439 e. The summed E-state index contributed by atoms with van der Waals surface area (Å²) in [4.78, 5) is 15.3. The third-order valence-electron chi connectivity index (χ3n) is 4.69. The fourth-order valence-electron chi connectivity index (χ4n) is 3.07. The summed E-state index contributed by atoms with van der Waals surface area (Å²) >= 11 is 0. The van der Waals surface area contributed by atoms with E-state index >= 15 is 0 Å². The molecule has 2 heterocycles. The summed E-state index contributed by atoms with van der Waals surface area (Å²) in [6, 6.07) is 16.9. The first-order chi connectivity index (χ1) is 13.2. The summed E-state index contributed by atoms with van der Waals surface area (Å²) in [6.45, 7) is 3.60. The lowest BCUT2D eigenvalue weighted by Crippen LogP contribution is -2.41. The van der Waals surface area contributed by atoms with E-state index in [9.17, 15) is 4.79 Å². The number of hydrogen-bond donors (Lipinski definition) is 1. The second-order valence-electron chi connectivity index (χ2n) is 6.66. The molecule has 0 radical (unpaired) electrons. The van der Waals surface area contributed by atoms with Crippen molar-refractivity contribution in [1.82, 2.24) is 9.91 Å². The van der Waals surface area contributed by atoms with Crippen molar-refractivity contribution in [3.05, 3.63) is 70.4 Å². The zero-order valence-electron chi connectivity index (χ0n) is 15.3. The predicted octanol–water partition coefficient (Wildman–Crippen LogP) is 3.12. The molecule has 0 spiro atoms. The maximum absolute atomic E-state index is 13.0. The van der Waals surface area contributed by atoms with Crippen molar-refractivity contribution >= 4 is 28.8 Å². The van der Waals surface area contributed by atoms with Gasteiger partial charge in [-0.15, -0.1) is 0 Å². The molecule has 0 atom stereocenters. The van der Waals surface area contributed by atoms with Crippen LogP contribution in [-0.2, 0) is 0 Å². The van der Waals surface area contributed by atoms with Crippen LogP contribution in [0.1, 0.15) is 5.56 Å². The number of nitrogens with zero attached hydrogens (tertiary/aromatic N) is 3. The van der Waals surface area contributed by atoms with Crippen LogP contribution in [0.5, 0.6) is 0 Å². The lowest BCUT2D eigenvalue weighted by Gasteiger charge is -2.30. The maximum Gasteiger partial charge on any atom is 0.210 e. The van der Waals surface area contributed by atoms with Crippen molar-refractivity contribution < 1.29 is 4.42 Å². The number of fused-ring (bicyclic) bond motifs is 1. The topological polar surface area (TPSA) is 61.1 Å². The molecule has 0 unspecified atom stereocenters. The number of para-hydroxylation sites is 2. The molecule has 2 aromatic carbocycles. The Morgan fingerprint density at radius 2 is 1.70 bits per heavy atom. The third kappa shape index (κ3) is 3.85. The number of benzene rings is 2. The molecule has 1 fully saturated rings. The van der Waals surface area contributed by atoms with Crippen molar-refractivity contribution in [2.45, 2.75) is 0 Å². The van der Waals surface area contributed by atoms with E-state index in [0.29, 0.717) is 22.4 Å². The normalized spacial score (nSPS) is 15.5. The van der Waals surface area contributed by atoms with Gasteiger partial charge in [0, 0.05) is 31.9 Å². The number of hydrazone groups is 1. The molecule has 1 aliphatic rings. The van der Waals surface area contributed by atoms with E-state index in [1.54, 1.807) is 18.3 Å². The molecule has 0 amide bonds. The monoisotopic (exact) mass is 362 g/mol. The van der Waals surface area contributed by atoms with E-state index in [0.717, 1.165) is 31.9 Å². The molecule has 138 valence electrons. The smallest absolute Gasteiger partial charge is 0.210 e. The van der Waals surface area contributed by atoms with Gasteiger partial charge < -0.3 is 14.6 Å². The van der Waals surface area contributed by atoms with Crippen LogP contribution < -0.4 is 10.7 Å². The Morgan fingerprint density at radius 3 is 2.48 bits per heavy atom. The highest BCUT2D eigenvalue weighted by Crippen LogP contribution is 2.22. The van der Waals surface area contributed by atoms with Crippen molar-refractivity contribution in [3.8, 4) is 0 Å². The van der Waals surface area contributed by atoms with Gasteiger partial charge in [-0.25, -0.2) is 0 Å². The molecule has 0 bridgehead atoms.